The molecule has 2 aromatic heterocycles. The molecule has 0 bridgehead atoms. The van der Waals surface area contributed by atoms with E-state index in [0.29, 0.717) is 22.8 Å². The van der Waals surface area contributed by atoms with Gasteiger partial charge in [0.1, 0.15) is 0 Å². The van der Waals surface area contributed by atoms with Crippen molar-refractivity contribution in [2.24, 2.45) is 0 Å². The van der Waals surface area contributed by atoms with E-state index in [1.54, 1.807) is 4.68 Å². The lowest BCUT2D eigenvalue weighted by atomic mass is 10.1. The van der Waals surface area contributed by atoms with Crippen LogP contribution in [0, 0.1) is 20.8 Å². The summed E-state index contributed by atoms with van der Waals surface area (Å²) in [6, 6.07) is 17.8. The highest BCUT2D eigenvalue weighted by atomic mass is 35.5. The van der Waals surface area contributed by atoms with E-state index in [1.165, 1.54) is 5.56 Å². The largest absolute Gasteiger partial charge is 0.352 e. The number of nitrogens with zero attached hydrogens (tertiary/aromatic N) is 3. The SMILES string of the molecule is Cc1cc(C(=O)NCCCc2ccccc2)c2c(C)nn(-c3cccc(Cl)c3C)c2n1. The van der Waals surface area contributed by atoms with Gasteiger partial charge in [-0.2, -0.15) is 5.10 Å². The molecule has 158 valence electrons. The van der Waals surface area contributed by atoms with Crippen molar-refractivity contribution in [3.05, 3.63) is 87.7 Å². The minimum Gasteiger partial charge on any atom is -0.352 e. The lowest BCUT2D eigenvalue weighted by molar-refractivity contribution is 0.0954. The van der Waals surface area contributed by atoms with Gasteiger partial charge in [0, 0.05) is 17.3 Å². The van der Waals surface area contributed by atoms with Crippen molar-refractivity contribution in [3.63, 3.8) is 0 Å². The highest BCUT2D eigenvalue weighted by Gasteiger charge is 2.20. The van der Waals surface area contributed by atoms with E-state index in [4.69, 9.17) is 21.7 Å². The Morgan fingerprint density at radius 3 is 2.61 bits per heavy atom. The highest BCUT2D eigenvalue weighted by Crippen LogP contribution is 2.28. The van der Waals surface area contributed by atoms with Crippen LogP contribution in [0.5, 0.6) is 0 Å². The van der Waals surface area contributed by atoms with Gasteiger partial charge in [0.2, 0.25) is 0 Å². The summed E-state index contributed by atoms with van der Waals surface area (Å²) in [5, 5.41) is 9.20. The third-order valence-electron chi connectivity index (χ3n) is 5.42. The summed E-state index contributed by atoms with van der Waals surface area (Å²) >= 11 is 6.32. The molecule has 4 aromatic rings. The predicted octanol–water partition coefficient (Wildman–Crippen LogP) is 5.36. The zero-order valence-corrected chi connectivity index (χ0v) is 18.7. The molecule has 0 atom stereocenters. The third-order valence-corrected chi connectivity index (χ3v) is 5.83. The maximum atomic E-state index is 13.0. The number of aryl methyl sites for hydroxylation is 3. The normalized spacial score (nSPS) is 11.1. The Morgan fingerprint density at radius 1 is 1.06 bits per heavy atom. The number of halogens is 1. The molecule has 1 N–H and O–H groups in total. The number of benzene rings is 2. The fourth-order valence-corrected chi connectivity index (χ4v) is 3.99. The van der Waals surface area contributed by atoms with Crippen LogP contribution in [0.4, 0.5) is 0 Å². The molecule has 0 spiro atoms. The second kappa shape index (κ2) is 8.90. The second-order valence-electron chi connectivity index (χ2n) is 7.74. The average Bonchev–Trinajstić information content (AvgIpc) is 3.09. The number of hydrogen-bond donors (Lipinski definition) is 1. The molecule has 0 fully saturated rings. The predicted molar refractivity (Wildman–Crippen MR) is 125 cm³/mol. The van der Waals surface area contributed by atoms with Crippen molar-refractivity contribution in [2.45, 2.75) is 33.6 Å². The van der Waals surface area contributed by atoms with E-state index in [2.05, 4.69) is 17.4 Å². The summed E-state index contributed by atoms with van der Waals surface area (Å²) in [5.74, 6) is -0.103. The topological polar surface area (TPSA) is 59.8 Å². The van der Waals surface area contributed by atoms with Crippen LogP contribution in [0.1, 0.15) is 39.3 Å². The van der Waals surface area contributed by atoms with Crippen LogP contribution in [-0.2, 0) is 6.42 Å². The van der Waals surface area contributed by atoms with Gasteiger partial charge in [0.05, 0.1) is 22.3 Å². The summed E-state index contributed by atoms with van der Waals surface area (Å²) in [6.07, 6.45) is 1.81. The minimum absolute atomic E-state index is 0.103. The third kappa shape index (κ3) is 4.32. The number of hydrogen-bond acceptors (Lipinski definition) is 3. The monoisotopic (exact) mass is 432 g/mol. The van der Waals surface area contributed by atoms with Gasteiger partial charge < -0.3 is 5.32 Å². The molecule has 4 rings (SSSR count). The molecule has 2 heterocycles. The van der Waals surface area contributed by atoms with Crippen molar-refractivity contribution >= 4 is 28.5 Å². The molecule has 0 unspecified atom stereocenters. The lowest BCUT2D eigenvalue weighted by Gasteiger charge is -2.10. The smallest absolute Gasteiger partial charge is 0.252 e. The molecule has 0 saturated heterocycles. The number of fused-ring (bicyclic) bond motifs is 1. The molecule has 0 saturated carbocycles. The first-order valence-electron chi connectivity index (χ1n) is 10.4. The first-order chi connectivity index (χ1) is 15.0. The number of carbonyl (C=O) groups is 1. The Kier molecular flexibility index (Phi) is 6.05. The van der Waals surface area contributed by atoms with E-state index in [-0.39, 0.29) is 5.91 Å². The Bertz CT molecular complexity index is 1250. The summed E-state index contributed by atoms with van der Waals surface area (Å²) in [6.45, 7) is 6.36. The van der Waals surface area contributed by atoms with E-state index in [0.717, 1.165) is 40.9 Å². The Hall–Kier alpha value is -3.18. The van der Waals surface area contributed by atoms with Crippen LogP contribution in [0.25, 0.3) is 16.7 Å². The minimum atomic E-state index is -0.103. The van der Waals surface area contributed by atoms with Crippen LogP contribution >= 0.6 is 11.6 Å². The molecule has 0 radical (unpaired) electrons. The van der Waals surface area contributed by atoms with Crippen LogP contribution < -0.4 is 5.32 Å². The lowest BCUT2D eigenvalue weighted by Crippen LogP contribution is -2.25. The van der Waals surface area contributed by atoms with Gasteiger partial charge in [-0.05, 0) is 62.9 Å². The number of amides is 1. The summed E-state index contributed by atoms with van der Waals surface area (Å²) in [4.78, 5) is 17.7. The molecular formula is C25H25ClN4O. The van der Waals surface area contributed by atoms with E-state index >= 15 is 0 Å². The van der Waals surface area contributed by atoms with E-state index in [9.17, 15) is 4.79 Å². The molecular weight excluding hydrogens is 408 g/mol. The number of carbonyl (C=O) groups excluding carboxylic acids is 1. The maximum Gasteiger partial charge on any atom is 0.252 e. The van der Waals surface area contributed by atoms with Gasteiger partial charge in [-0.1, -0.05) is 48.0 Å². The van der Waals surface area contributed by atoms with Gasteiger partial charge in [-0.3, -0.25) is 4.79 Å². The molecule has 0 aliphatic rings. The molecule has 31 heavy (non-hydrogen) atoms. The van der Waals surface area contributed by atoms with Crippen LogP contribution in [0.15, 0.2) is 54.6 Å². The summed E-state index contributed by atoms with van der Waals surface area (Å²) < 4.78 is 1.78. The van der Waals surface area contributed by atoms with Gasteiger partial charge in [-0.15, -0.1) is 0 Å². The Balaban J connectivity index is 1.62. The van der Waals surface area contributed by atoms with Gasteiger partial charge >= 0.3 is 0 Å². The molecule has 2 aromatic carbocycles. The zero-order chi connectivity index (χ0) is 22.0. The van der Waals surface area contributed by atoms with Crippen LogP contribution in [0.3, 0.4) is 0 Å². The van der Waals surface area contributed by atoms with Crippen molar-refractivity contribution in [1.82, 2.24) is 20.1 Å². The van der Waals surface area contributed by atoms with E-state index in [1.807, 2.05) is 63.2 Å². The first kappa shape index (κ1) is 21.1. The zero-order valence-electron chi connectivity index (χ0n) is 17.9. The number of rotatable bonds is 6. The second-order valence-corrected chi connectivity index (χ2v) is 8.14. The summed E-state index contributed by atoms with van der Waals surface area (Å²) in [7, 11) is 0. The summed E-state index contributed by atoms with van der Waals surface area (Å²) in [5.41, 5.74) is 5.84. The van der Waals surface area contributed by atoms with Crippen molar-refractivity contribution < 1.29 is 4.79 Å². The molecule has 5 nitrogen and oxygen atoms in total. The maximum absolute atomic E-state index is 13.0. The Labute approximate surface area is 187 Å². The van der Waals surface area contributed by atoms with Crippen LogP contribution in [-0.4, -0.2) is 27.2 Å². The van der Waals surface area contributed by atoms with Crippen LogP contribution in [0.2, 0.25) is 5.02 Å². The fraction of sp³-hybridized carbons (Fsp3) is 0.240. The molecule has 6 heteroatoms. The number of aromatic nitrogens is 3. The molecule has 1 amide bonds. The van der Waals surface area contributed by atoms with E-state index < -0.39 is 0 Å². The quantitative estimate of drug-likeness (QED) is 0.417. The first-order valence-corrected chi connectivity index (χ1v) is 10.8. The fourth-order valence-electron chi connectivity index (χ4n) is 3.82. The Morgan fingerprint density at radius 2 is 1.84 bits per heavy atom. The van der Waals surface area contributed by atoms with Gasteiger partial charge in [0.25, 0.3) is 5.91 Å². The molecule has 0 aliphatic carbocycles. The van der Waals surface area contributed by atoms with Crippen molar-refractivity contribution in [3.8, 4) is 5.69 Å². The van der Waals surface area contributed by atoms with Gasteiger partial charge in [-0.25, -0.2) is 9.67 Å². The van der Waals surface area contributed by atoms with Crippen molar-refractivity contribution in [1.29, 1.82) is 0 Å². The van der Waals surface area contributed by atoms with Crippen molar-refractivity contribution in [2.75, 3.05) is 6.54 Å². The standard InChI is InChI=1S/C25H25ClN4O/c1-16-15-20(25(31)27-14-8-11-19-9-5-4-6-10-19)23-18(3)29-30(24(23)28-16)22-13-7-12-21(26)17(22)2/h4-7,9-10,12-13,15H,8,11,14H2,1-3H3,(H,27,31). The number of pyridine rings is 1. The van der Waals surface area contributed by atoms with Gasteiger partial charge in [0.15, 0.2) is 5.65 Å². The highest BCUT2D eigenvalue weighted by molar-refractivity contribution is 6.31. The number of nitrogens with one attached hydrogen (secondary N) is 1. The molecule has 0 aliphatic heterocycles. The average molecular weight is 433 g/mol.